The van der Waals surface area contributed by atoms with Crippen LogP contribution in [0.3, 0.4) is 0 Å². The van der Waals surface area contributed by atoms with Gasteiger partial charge in [0, 0.05) is 29.7 Å². The number of hydrogen-bond acceptors (Lipinski definition) is 5. The molecule has 3 aromatic heterocycles. The van der Waals surface area contributed by atoms with Crippen LogP contribution in [0.4, 0.5) is 10.1 Å². The number of fused-ring (bicyclic) bond motifs is 1. The Morgan fingerprint density at radius 2 is 2.00 bits per heavy atom. The average Bonchev–Trinajstić information content (AvgIpc) is 3.45. The average molecular weight is 437 g/mol. The number of anilines is 1. The van der Waals surface area contributed by atoms with Gasteiger partial charge in [-0.25, -0.2) is 14.4 Å². The van der Waals surface area contributed by atoms with Crippen LogP contribution < -0.4 is 4.90 Å². The number of pyridine rings is 2. The van der Waals surface area contributed by atoms with Gasteiger partial charge in [0.2, 0.25) is 0 Å². The highest BCUT2D eigenvalue weighted by Gasteiger charge is 2.24. The van der Waals surface area contributed by atoms with Crippen molar-refractivity contribution in [2.45, 2.75) is 12.5 Å². The minimum Gasteiger partial charge on any atom is -0.369 e. The Morgan fingerprint density at radius 3 is 2.81 bits per heavy atom. The summed E-state index contributed by atoms with van der Waals surface area (Å²) in [6, 6.07) is 10.8. The molecule has 8 heteroatoms. The van der Waals surface area contributed by atoms with Crippen LogP contribution in [-0.2, 0) is 0 Å². The molecule has 1 aromatic carbocycles. The van der Waals surface area contributed by atoms with Crippen LogP contribution in [-0.4, -0.2) is 58.1 Å². The summed E-state index contributed by atoms with van der Waals surface area (Å²) in [7, 11) is 4.23. The van der Waals surface area contributed by atoms with Crippen molar-refractivity contribution in [3.8, 4) is 22.6 Å². The Labute approximate surface area is 184 Å². The monoisotopic (exact) mass is 436 g/mol. The van der Waals surface area contributed by atoms with Gasteiger partial charge in [-0.2, -0.15) is 0 Å². The van der Waals surface area contributed by atoms with Crippen molar-refractivity contribution in [1.29, 1.82) is 0 Å². The van der Waals surface area contributed by atoms with E-state index in [4.69, 9.17) is 16.6 Å². The van der Waals surface area contributed by atoms with Crippen LogP contribution in [0.25, 0.3) is 33.7 Å². The SMILES string of the molecule is CN(C)C1CCN(c2cnc3ccc(-c4nc[nH]c4-c4cc(Cl)ccc4F)nc3c2)C1. The van der Waals surface area contributed by atoms with Gasteiger partial charge in [-0.1, -0.05) is 11.6 Å². The second-order valence-corrected chi connectivity index (χ2v) is 8.47. The molecule has 1 atom stereocenters. The lowest BCUT2D eigenvalue weighted by Crippen LogP contribution is -2.31. The standard InChI is InChI=1S/C23H22ClFN6/c1-30(2)15-7-8-31(12-15)16-10-21-19(26-11-16)5-6-20(29-21)23-22(27-13-28-23)17-9-14(24)3-4-18(17)25/h3-6,9-11,13,15H,7-8,12H2,1-2H3,(H,27,28). The zero-order valence-electron chi connectivity index (χ0n) is 17.3. The summed E-state index contributed by atoms with van der Waals surface area (Å²) in [5.74, 6) is -0.371. The molecule has 1 fully saturated rings. The molecule has 4 aromatic rings. The Balaban J connectivity index is 1.53. The van der Waals surface area contributed by atoms with Gasteiger partial charge in [-0.15, -0.1) is 0 Å². The predicted octanol–water partition coefficient (Wildman–Crippen LogP) is 4.62. The molecule has 0 aliphatic carbocycles. The topological polar surface area (TPSA) is 60.9 Å². The molecule has 0 radical (unpaired) electrons. The molecule has 0 spiro atoms. The zero-order chi connectivity index (χ0) is 21.5. The third-order valence-electron chi connectivity index (χ3n) is 5.86. The number of nitrogens with zero attached hydrogens (tertiary/aromatic N) is 5. The summed E-state index contributed by atoms with van der Waals surface area (Å²) in [6.45, 7) is 1.96. The highest BCUT2D eigenvalue weighted by Crippen LogP contribution is 2.32. The maximum Gasteiger partial charge on any atom is 0.132 e. The molecule has 1 saturated heterocycles. The molecule has 6 nitrogen and oxygen atoms in total. The van der Waals surface area contributed by atoms with E-state index in [-0.39, 0.29) is 5.82 Å². The summed E-state index contributed by atoms with van der Waals surface area (Å²) < 4.78 is 14.4. The number of aromatic nitrogens is 4. The second-order valence-electron chi connectivity index (χ2n) is 8.03. The van der Waals surface area contributed by atoms with Crippen molar-refractivity contribution >= 4 is 28.3 Å². The van der Waals surface area contributed by atoms with E-state index in [2.05, 4.69) is 44.9 Å². The van der Waals surface area contributed by atoms with E-state index in [9.17, 15) is 4.39 Å². The summed E-state index contributed by atoms with van der Waals surface area (Å²) in [5.41, 5.74) is 4.78. The first-order valence-electron chi connectivity index (χ1n) is 10.2. The number of likely N-dealkylation sites (N-methyl/N-ethyl adjacent to an activating group) is 1. The van der Waals surface area contributed by atoms with Crippen LogP contribution in [0.1, 0.15) is 6.42 Å². The van der Waals surface area contributed by atoms with E-state index in [1.807, 2.05) is 18.3 Å². The fourth-order valence-corrected chi connectivity index (χ4v) is 4.25. The van der Waals surface area contributed by atoms with Crippen molar-refractivity contribution in [2.75, 3.05) is 32.1 Å². The van der Waals surface area contributed by atoms with Gasteiger partial charge >= 0.3 is 0 Å². The molecular formula is C23H22ClFN6. The first kappa shape index (κ1) is 19.9. The number of imidazole rings is 1. The molecule has 1 unspecified atom stereocenters. The lowest BCUT2D eigenvalue weighted by atomic mass is 10.1. The molecule has 0 bridgehead atoms. The van der Waals surface area contributed by atoms with Crippen molar-refractivity contribution < 1.29 is 4.39 Å². The van der Waals surface area contributed by atoms with Gasteiger partial charge in [-0.3, -0.25) is 4.98 Å². The molecular weight excluding hydrogens is 415 g/mol. The maximum absolute atomic E-state index is 14.4. The summed E-state index contributed by atoms with van der Waals surface area (Å²) in [5, 5.41) is 0.457. The van der Waals surface area contributed by atoms with Gasteiger partial charge < -0.3 is 14.8 Å². The number of hydrogen-bond donors (Lipinski definition) is 1. The van der Waals surface area contributed by atoms with Crippen molar-refractivity contribution in [3.05, 3.63) is 59.8 Å². The number of halogens is 2. The summed E-state index contributed by atoms with van der Waals surface area (Å²) in [6.07, 6.45) is 4.57. The number of nitrogens with one attached hydrogen (secondary N) is 1. The number of H-pyrrole nitrogens is 1. The third kappa shape index (κ3) is 3.75. The molecule has 1 aliphatic rings. The Morgan fingerprint density at radius 1 is 1.13 bits per heavy atom. The first-order valence-corrected chi connectivity index (χ1v) is 10.5. The van der Waals surface area contributed by atoms with Crippen molar-refractivity contribution in [1.82, 2.24) is 24.8 Å². The summed E-state index contributed by atoms with van der Waals surface area (Å²) >= 11 is 6.09. The zero-order valence-corrected chi connectivity index (χ0v) is 18.1. The Bertz CT molecular complexity index is 1250. The molecule has 0 saturated carbocycles. The second kappa shape index (κ2) is 7.90. The van der Waals surface area contributed by atoms with E-state index in [0.29, 0.717) is 33.7 Å². The predicted molar refractivity (Wildman–Crippen MR) is 122 cm³/mol. The molecule has 4 heterocycles. The number of benzene rings is 1. The maximum atomic E-state index is 14.4. The van der Waals surface area contributed by atoms with Gasteiger partial charge in [0.25, 0.3) is 0 Å². The van der Waals surface area contributed by atoms with Gasteiger partial charge in [0.1, 0.15) is 11.5 Å². The van der Waals surface area contributed by atoms with E-state index in [0.717, 1.165) is 36.2 Å². The fourth-order valence-electron chi connectivity index (χ4n) is 4.08. The van der Waals surface area contributed by atoms with Gasteiger partial charge in [-0.05, 0) is 56.9 Å². The molecule has 158 valence electrons. The third-order valence-corrected chi connectivity index (χ3v) is 6.10. The van der Waals surface area contributed by atoms with Crippen LogP contribution in [0.15, 0.2) is 48.9 Å². The van der Waals surface area contributed by atoms with E-state index >= 15 is 0 Å². The van der Waals surface area contributed by atoms with Gasteiger partial charge in [0.05, 0.1) is 40.6 Å². The molecule has 0 amide bonds. The fraction of sp³-hybridized carbons (Fsp3) is 0.261. The summed E-state index contributed by atoms with van der Waals surface area (Å²) in [4.78, 5) is 21.4. The Hall–Kier alpha value is -3.03. The van der Waals surface area contributed by atoms with E-state index in [1.54, 1.807) is 6.07 Å². The smallest absolute Gasteiger partial charge is 0.132 e. The first-order chi connectivity index (χ1) is 15.0. The molecule has 1 N–H and O–H groups in total. The van der Waals surface area contributed by atoms with E-state index in [1.165, 1.54) is 18.5 Å². The van der Waals surface area contributed by atoms with Crippen molar-refractivity contribution in [3.63, 3.8) is 0 Å². The highest BCUT2D eigenvalue weighted by atomic mass is 35.5. The number of aromatic amines is 1. The van der Waals surface area contributed by atoms with Crippen molar-refractivity contribution in [2.24, 2.45) is 0 Å². The van der Waals surface area contributed by atoms with Crippen LogP contribution in [0.5, 0.6) is 0 Å². The Kier molecular flexibility index (Phi) is 5.08. The lowest BCUT2D eigenvalue weighted by Gasteiger charge is -2.21. The lowest BCUT2D eigenvalue weighted by molar-refractivity contribution is 0.315. The van der Waals surface area contributed by atoms with Gasteiger partial charge in [0.15, 0.2) is 0 Å². The van der Waals surface area contributed by atoms with E-state index < -0.39 is 0 Å². The molecule has 1 aliphatic heterocycles. The van der Waals surface area contributed by atoms with Crippen LogP contribution in [0, 0.1) is 5.82 Å². The van der Waals surface area contributed by atoms with Crippen LogP contribution in [0.2, 0.25) is 5.02 Å². The minimum atomic E-state index is -0.371. The number of rotatable bonds is 4. The highest BCUT2D eigenvalue weighted by molar-refractivity contribution is 6.30. The minimum absolute atomic E-state index is 0.362. The largest absolute Gasteiger partial charge is 0.369 e. The molecule has 5 rings (SSSR count). The molecule has 31 heavy (non-hydrogen) atoms. The quantitative estimate of drug-likeness (QED) is 0.505. The normalized spacial score (nSPS) is 16.5. The van der Waals surface area contributed by atoms with Crippen LogP contribution >= 0.6 is 11.6 Å².